The predicted octanol–water partition coefficient (Wildman–Crippen LogP) is 4.84. The number of nitrogens with zero attached hydrogens (tertiary/aromatic N) is 1. The highest BCUT2D eigenvalue weighted by atomic mass is 19.1. The maximum Gasteiger partial charge on any atom is 0.338 e. The number of non-ortho nitro benzene ring substituents is 1. The first-order valence-electron chi connectivity index (χ1n) is 9.05. The average Bonchev–Trinajstić information content (AvgIpc) is 2.75. The molecule has 0 saturated heterocycles. The summed E-state index contributed by atoms with van der Waals surface area (Å²) in [6.45, 7) is 0. The van der Waals surface area contributed by atoms with Crippen LogP contribution >= 0.6 is 0 Å². The van der Waals surface area contributed by atoms with Crippen molar-refractivity contribution in [1.29, 1.82) is 0 Å². The molecule has 0 atom stereocenters. The molecule has 0 saturated carbocycles. The highest BCUT2D eigenvalue weighted by Crippen LogP contribution is 2.28. The summed E-state index contributed by atoms with van der Waals surface area (Å²) in [5.74, 6) is -0.820. The van der Waals surface area contributed by atoms with Gasteiger partial charge in [0.2, 0.25) is 0 Å². The molecular weight excluding hydrogens is 405 g/mol. The van der Waals surface area contributed by atoms with Crippen LogP contribution in [0.15, 0.2) is 82.0 Å². The molecule has 1 aromatic heterocycles. The number of nitro groups is 1. The summed E-state index contributed by atoms with van der Waals surface area (Å²) in [5, 5.41) is 17.2. The molecule has 0 aliphatic rings. The van der Waals surface area contributed by atoms with Gasteiger partial charge in [-0.25, -0.2) is 9.18 Å². The monoisotopic (exact) mass is 419 g/mol. The van der Waals surface area contributed by atoms with Gasteiger partial charge >= 0.3 is 5.63 Å². The number of halogens is 1. The maximum atomic E-state index is 13.0. The number of carbonyl (C=O) groups excluding carboxylic acids is 1. The van der Waals surface area contributed by atoms with Crippen molar-refractivity contribution in [3.8, 4) is 0 Å². The summed E-state index contributed by atoms with van der Waals surface area (Å²) in [6.07, 6.45) is 0. The maximum absolute atomic E-state index is 13.0. The lowest BCUT2D eigenvalue weighted by atomic mass is 10.1. The number of amides is 1. The van der Waals surface area contributed by atoms with Gasteiger partial charge in [-0.1, -0.05) is 0 Å². The lowest BCUT2D eigenvalue weighted by Crippen LogP contribution is -2.11. The standard InChI is InChI=1S/C22H14FN3O5/c23-14-3-1-13(2-4-14)22(28)25-16-7-5-15(6-8-16)24-19-12-21(27)31-20-10-9-17(26(29)30)11-18(19)20/h1-12,24H,(H,25,28). The van der Waals surface area contributed by atoms with E-state index in [0.717, 1.165) is 0 Å². The van der Waals surface area contributed by atoms with E-state index in [4.69, 9.17) is 4.42 Å². The van der Waals surface area contributed by atoms with E-state index in [0.29, 0.717) is 28.0 Å². The summed E-state index contributed by atoms with van der Waals surface area (Å²) in [5.41, 5.74) is 1.22. The zero-order valence-corrected chi connectivity index (χ0v) is 15.8. The van der Waals surface area contributed by atoms with Crippen molar-refractivity contribution in [3.05, 3.63) is 105 Å². The Morgan fingerprint density at radius 2 is 1.61 bits per heavy atom. The van der Waals surface area contributed by atoms with Gasteiger partial charge in [-0.15, -0.1) is 0 Å². The highest BCUT2D eigenvalue weighted by molar-refractivity contribution is 6.04. The van der Waals surface area contributed by atoms with Gasteiger partial charge in [0.05, 0.1) is 10.6 Å². The minimum absolute atomic E-state index is 0.136. The van der Waals surface area contributed by atoms with Crippen LogP contribution in [-0.2, 0) is 0 Å². The molecule has 0 radical (unpaired) electrons. The highest BCUT2D eigenvalue weighted by Gasteiger charge is 2.12. The third kappa shape index (κ3) is 4.40. The van der Waals surface area contributed by atoms with Crippen molar-refractivity contribution in [1.82, 2.24) is 0 Å². The predicted molar refractivity (Wildman–Crippen MR) is 113 cm³/mol. The van der Waals surface area contributed by atoms with Gasteiger partial charge in [0.15, 0.2) is 0 Å². The first kappa shape index (κ1) is 19.8. The van der Waals surface area contributed by atoms with E-state index in [1.54, 1.807) is 24.3 Å². The Bertz CT molecular complexity index is 1350. The lowest BCUT2D eigenvalue weighted by molar-refractivity contribution is -0.384. The Kier molecular flexibility index (Phi) is 5.15. The molecule has 8 nitrogen and oxygen atoms in total. The number of hydrogen-bond acceptors (Lipinski definition) is 6. The van der Waals surface area contributed by atoms with Crippen LogP contribution < -0.4 is 16.3 Å². The summed E-state index contributed by atoms with van der Waals surface area (Å²) >= 11 is 0. The van der Waals surface area contributed by atoms with Crippen molar-refractivity contribution < 1.29 is 18.5 Å². The normalized spacial score (nSPS) is 10.6. The van der Waals surface area contributed by atoms with E-state index in [1.165, 1.54) is 48.5 Å². The third-order valence-corrected chi connectivity index (χ3v) is 4.47. The van der Waals surface area contributed by atoms with Crippen LogP contribution in [0.4, 0.5) is 27.1 Å². The number of hydrogen-bond donors (Lipinski definition) is 2. The van der Waals surface area contributed by atoms with E-state index in [2.05, 4.69) is 10.6 Å². The number of nitrogens with one attached hydrogen (secondary N) is 2. The Hall–Kier alpha value is -4.53. The van der Waals surface area contributed by atoms with Crippen LogP contribution in [0.5, 0.6) is 0 Å². The second kappa shape index (κ2) is 8.07. The fourth-order valence-corrected chi connectivity index (χ4v) is 2.96. The van der Waals surface area contributed by atoms with Crippen LogP contribution in [-0.4, -0.2) is 10.8 Å². The first-order valence-corrected chi connectivity index (χ1v) is 9.05. The van der Waals surface area contributed by atoms with Gasteiger partial charge in [0, 0.05) is 40.5 Å². The topological polar surface area (TPSA) is 114 Å². The Balaban J connectivity index is 1.56. The van der Waals surface area contributed by atoms with Crippen molar-refractivity contribution in [2.45, 2.75) is 0 Å². The van der Waals surface area contributed by atoms with Crippen LogP contribution in [0.2, 0.25) is 0 Å². The first-order chi connectivity index (χ1) is 14.9. The molecule has 0 bridgehead atoms. The zero-order chi connectivity index (χ0) is 22.0. The molecule has 0 aliphatic carbocycles. The summed E-state index contributed by atoms with van der Waals surface area (Å²) in [4.78, 5) is 34.6. The van der Waals surface area contributed by atoms with Gasteiger partial charge < -0.3 is 15.1 Å². The van der Waals surface area contributed by atoms with Gasteiger partial charge in [-0.2, -0.15) is 0 Å². The van der Waals surface area contributed by atoms with E-state index in [9.17, 15) is 24.1 Å². The molecule has 0 fully saturated rings. The number of rotatable bonds is 5. The van der Waals surface area contributed by atoms with Crippen molar-refractivity contribution in [2.24, 2.45) is 0 Å². The summed E-state index contributed by atoms with van der Waals surface area (Å²) in [7, 11) is 0. The van der Waals surface area contributed by atoms with Crippen molar-refractivity contribution >= 4 is 39.6 Å². The van der Waals surface area contributed by atoms with Gasteiger partial charge in [-0.05, 0) is 54.6 Å². The molecule has 2 N–H and O–H groups in total. The molecule has 0 unspecified atom stereocenters. The fourth-order valence-electron chi connectivity index (χ4n) is 2.96. The van der Waals surface area contributed by atoms with E-state index >= 15 is 0 Å². The molecule has 3 aromatic carbocycles. The Morgan fingerprint density at radius 1 is 0.935 bits per heavy atom. The minimum atomic E-state index is -0.605. The van der Waals surface area contributed by atoms with E-state index < -0.39 is 16.4 Å². The van der Waals surface area contributed by atoms with Gasteiger partial charge in [0.1, 0.15) is 11.4 Å². The second-order valence-electron chi connectivity index (χ2n) is 6.58. The zero-order valence-electron chi connectivity index (χ0n) is 15.8. The smallest absolute Gasteiger partial charge is 0.338 e. The van der Waals surface area contributed by atoms with Gasteiger partial charge in [0.25, 0.3) is 11.6 Å². The SMILES string of the molecule is O=C(Nc1ccc(Nc2cc(=O)oc3ccc([N+](=O)[O-])cc23)cc1)c1ccc(F)cc1. The number of anilines is 3. The molecule has 9 heteroatoms. The average molecular weight is 419 g/mol. The molecule has 31 heavy (non-hydrogen) atoms. The molecule has 4 rings (SSSR count). The molecule has 154 valence electrons. The van der Waals surface area contributed by atoms with Crippen LogP contribution in [0.3, 0.4) is 0 Å². The van der Waals surface area contributed by atoms with Gasteiger partial charge in [-0.3, -0.25) is 14.9 Å². The number of nitro benzene ring substituents is 1. The quantitative estimate of drug-likeness (QED) is 0.272. The Morgan fingerprint density at radius 3 is 2.29 bits per heavy atom. The summed E-state index contributed by atoms with van der Waals surface area (Å²) in [6, 6.07) is 16.9. The molecule has 4 aromatic rings. The number of benzene rings is 3. The summed E-state index contributed by atoms with van der Waals surface area (Å²) < 4.78 is 18.1. The number of fused-ring (bicyclic) bond motifs is 1. The molecule has 0 spiro atoms. The third-order valence-electron chi connectivity index (χ3n) is 4.47. The van der Waals surface area contributed by atoms with Crippen LogP contribution in [0, 0.1) is 15.9 Å². The fraction of sp³-hybridized carbons (Fsp3) is 0. The van der Waals surface area contributed by atoms with Crippen molar-refractivity contribution in [2.75, 3.05) is 10.6 Å². The minimum Gasteiger partial charge on any atom is -0.423 e. The van der Waals surface area contributed by atoms with E-state index in [-0.39, 0.29) is 17.2 Å². The van der Waals surface area contributed by atoms with Crippen LogP contribution in [0.1, 0.15) is 10.4 Å². The van der Waals surface area contributed by atoms with Crippen molar-refractivity contribution in [3.63, 3.8) is 0 Å². The molecule has 0 aliphatic heterocycles. The second-order valence-corrected chi connectivity index (χ2v) is 6.58. The van der Waals surface area contributed by atoms with Crippen LogP contribution in [0.25, 0.3) is 11.0 Å². The largest absolute Gasteiger partial charge is 0.423 e. The van der Waals surface area contributed by atoms with E-state index in [1.807, 2.05) is 0 Å². The molecule has 1 heterocycles. The Labute approximate surface area is 174 Å². The molecule has 1 amide bonds. The number of carbonyl (C=O) groups is 1. The molecular formula is C22H14FN3O5. The lowest BCUT2D eigenvalue weighted by Gasteiger charge is -2.10.